The molecular weight excluding hydrogens is 190 g/mol. The van der Waals surface area contributed by atoms with E-state index in [1.165, 1.54) is 10.8 Å². The summed E-state index contributed by atoms with van der Waals surface area (Å²) in [7, 11) is 1.73. The lowest BCUT2D eigenvalue weighted by molar-refractivity contribution is 0.565. The Morgan fingerprint density at radius 3 is 2.92 bits per heavy atom. The van der Waals surface area contributed by atoms with Crippen LogP contribution >= 0.6 is 11.6 Å². The summed E-state index contributed by atoms with van der Waals surface area (Å²) in [5.41, 5.74) is 1.32. The fourth-order valence-electron chi connectivity index (χ4n) is 1.29. The second kappa shape index (κ2) is 2.98. The molecule has 1 heterocycles. The standard InChI is InChI=1S/C8H8ClN3O/c1-12-8(9)7(10-4-13)6(11-12)5-2-3-5/h5H,2-3H2,1H3. The Morgan fingerprint density at radius 2 is 2.38 bits per heavy atom. The number of hydrogen-bond acceptors (Lipinski definition) is 3. The highest BCUT2D eigenvalue weighted by molar-refractivity contribution is 6.32. The van der Waals surface area contributed by atoms with Crippen molar-refractivity contribution in [3.63, 3.8) is 0 Å². The lowest BCUT2D eigenvalue weighted by atomic mass is 10.3. The molecule has 0 saturated heterocycles. The Labute approximate surface area is 80.2 Å². The zero-order valence-corrected chi connectivity index (χ0v) is 7.88. The first-order valence-corrected chi connectivity index (χ1v) is 4.42. The number of aromatic nitrogens is 2. The van der Waals surface area contributed by atoms with Gasteiger partial charge in [-0.1, -0.05) is 11.6 Å². The largest absolute Gasteiger partial charge is 0.255 e. The van der Waals surface area contributed by atoms with Gasteiger partial charge in [0.05, 0.1) is 5.69 Å². The first-order valence-electron chi connectivity index (χ1n) is 4.04. The van der Waals surface area contributed by atoms with Crippen LogP contribution in [0.25, 0.3) is 0 Å². The van der Waals surface area contributed by atoms with Crippen LogP contribution in [0.1, 0.15) is 24.5 Å². The number of aryl methyl sites for hydroxylation is 1. The van der Waals surface area contributed by atoms with Crippen LogP contribution in [0.2, 0.25) is 5.15 Å². The maximum absolute atomic E-state index is 10.1. The van der Waals surface area contributed by atoms with Crippen molar-refractivity contribution < 1.29 is 4.79 Å². The van der Waals surface area contributed by atoms with Crippen LogP contribution in [0.15, 0.2) is 4.99 Å². The highest BCUT2D eigenvalue weighted by Crippen LogP contribution is 2.45. The molecule has 0 spiro atoms. The van der Waals surface area contributed by atoms with Gasteiger partial charge in [-0.25, -0.2) is 4.79 Å². The highest BCUT2D eigenvalue weighted by Gasteiger charge is 2.31. The van der Waals surface area contributed by atoms with E-state index in [4.69, 9.17) is 11.6 Å². The third-order valence-corrected chi connectivity index (χ3v) is 2.53. The molecule has 68 valence electrons. The molecule has 1 aliphatic rings. The van der Waals surface area contributed by atoms with E-state index >= 15 is 0 Å². The molecule has 0 N–H and O–H groups in total. The summed E-state index contributed by atoms with van der Waals surface area (Å²) < 4.78 is 1.53. The normalized spacial score (nSPS) is 15.5. The van der Waals surface area contributed by atoms with Gasteiger partial charge in [-0.3, -0.25) is 4.68 Å². The SMILES string of the molecule is Cn1nc(C2CC2)c(N=C=O)c1Cl. The van der Waals surface area contributed by atoms with E-state index in [1.807, 2.05) is 0 Å². The second-order valence-electron chi connectivity index (χ2n) is 3.13. The number of halogens is 1. The number of nitrogens with zero attached hydrogens (tertiary/aromatic N) is 3. The predicted octanol–water partition coefficient (Wildman–Crippen LogP) is 1.92. The molecule has 0 atom stereocenters. The average molecular weight is 198 g/mol. The first-order chi connectivity index (χ1) is 6.24. The third-order valence-electron chi connectivity index (χ3n) is 2.10. The zero-order valence-electron chi connectivity index (χ0n) is 7.12. The van der Waals surface area contributed by atoms with Gasteiger partial charge in [0.1, 0.15) is 5.69 Å². The molecule has 0 amide bonds. The van der Waals surface area contributed by atoms with Gasteiger partial charge in [-0.15, -0.1) is 0 Å². The summed E-state index contributed by atoms with van der Waals surface area (Å²) in [4.78, 5) is 13.7. The highest BCUT2D eigenvalue weighted by atomic mass is 35.5. The molecule has 1 saturated carbocycles. The molecule has 0 bridgehead atoms. The minimum absolute atomic E-state index is 0.408. The van der Waals surface area contributed by atoms with Gasteiger partial charge in [0.2, 0.25) is 6.08 Å². The fraction of sp³-hybridized carbons (Fsp3) is 0.500. The molecule has 2 rings (SSSR count). The summed E-state index contributed by atoms with van der Waals surface area (Å²) in [6.45, 7) is 0. The smallest absolute Gasteiger partial charge is 0.240 e. The zero-order chi connectivity index (χ0) is 9.42. The van der Waals surface area contributed by atoms with Crippen molar-refractivity contribution in [2.24, 2.45) is 12.0 Å². The van der Waals surface area contributed by atoms with Gasteiger partial charge in [-0.05, 0) is 12.8 Å². The van der Waals surface area contributed by atoms with E-state index in [-0.39, 0.29) is 0 Å². The number of aliphatic imine (C=N–C) groups is 1. The number of hydrogen-bond donors (Lipinski definition) is 0. The van der Waals surface area contributed by atoms with Gasteiger partial charge >= 0.3 is 0 Å². The van der Waals surface area contributed by atoms with Crippen molar-refractivity contribution in [1.82, 2.24) is 9.78 Å². The van der Waals surface area contributed by atoms with Gasteiger partial charge in [0, 0.05) is 13.0 Å². The van der Waals surface area contributed by atoms with E-state index in [1.54, 1.807) is 7.05 Å². The molecule has 0 aromatic carbocycles. The number of isocyanates is 1. The molecule has 1 fully saturated rings. The van der Waals surface area contributed by atoms with E-state index in [2.05, 4.69) is 10.1 Å². The lowest BCUT2D eigenvalue weighted by Crippen LogP contribution is -1.90. The minimum Gasteiger partial charge on any atom is -0.255 e. The molecule has 1 aromatic heterocycles. The Kier molecular flexibility index (Phi) is 1.94. The van der Waals surface area contributed by atoms with E-state index < -0.39 is 0 Å². The maximum atomic E-state index is 10.1. The summed E-state index contributed by atoms with van der Waals surface area (Å²) >= 11 is 5.89. The van der Waals surface area contributed by atoms with Crippen molar-refractivity contribution in [2.45, 2.75) is 18.8 Å². The summed E-state index contributed by atoms with van der Waals surface area (Å²) in [6, 6.07) is 0. The second-order valence-corrected chi connectivity index (χ2v) is 3.48. The topological polar surface area (TPSA) is 47.2 Å². The number of carbonyl (C=O) groups excluding carboxylic acids is 1. The van der Waals surface area contributed by atoms with Crippen molar-refractivity contribution in [1.29, 1.82) is 0 Å². The molecule has 1 aromatic rings. The Morgan fingerprint density at radius 1 is 1.69 bits per heavy atom. The van der Waals surface area contributed by atoms with Crippen LogP contribution in [0.5, 0.6) is 0 Å². The molecule has 13 heavy (non-hydrogen) atoms. The molecular formula is C8H8ClN3O. The summed E-state index contributed by atoms with van der Waals surface area (Å²) in [5.74, 6) is 0.436. The Balaban J connectivity index is 2.53. The molecule has 4 nitrogen and oxygen atoms in total. The maximum Gasteiger partial charge on any atom is 0.240 e. The van der Waals surface area contributed by atoms with E-state index in [9.17, 15) is 4.79 Å². The third kappa shape index (κ3) is 1.39. The lowest BCUT2D eigenvalue weighted by Gasteiger charge is -1.89. The quantitative estimate of drug-likeness (QED) is 0.537. The molecule has 0 aliphatic heterocycles. The van der Waals surface area contributed by atoms with Crippen LogP contribution < -0.4 is 0 Å². The molecule has 5 heteroatoms. The van der Waals surface area contributed by atoms with Gasteiger partial charge in [0.15, 0.2) is 5.15 Å². The van der Waals surface area contributed by atoms with Gasteiger partial charge in [-0.2, -0.15) is 10.1 Å². The van der Waals surface area contributed by atoms with Crippen molar-refractivity contribution in [3.8, 4) is 0 Å². The summed E-state index contributed by atoms with van der Waals surface area (Å²) in [5, 5.41) is 4.61. The van der Waals surface area contributed by atoms with Crippen LogP contribution in [0.4, 0.5) is 5.69 Å². The number of rotatable bonds is 2. The Bertz CT molecular complexity index is 388. The molecule has 1 aliphatic carbocycles. The van der Waals surface area contributed by atoms with Gasteiger partial charge in [0.25, 0.3) is 0 Å². The summed E-state index contributed by atoms with van der Waals surface area (Å²) in [6.07, 6.45) is 3.71. The van der Waals surface area contributed by atoms with Crippen molar-refractivity contribution in [2.75, 3.05) is 0 Å². The molecule has 0 radical (unpaired) electrons. The first kappa shape index (κ1) is 8.48. The van der Waals surface area contributed by atoms with Crippen LogP contribution in [-0.4, -0.2) is 15.9 Å². The van der Waals surface area contributed by atoms with Gasteiger partial charge < -0.3 is 0 Å². The van der Waals surface area contributed by atoms with Crippen LogP contribution in [0, 0.1) is 0 Å². The fourth-order valence-corrected chi connectivity index (χ4v) is 1.47. The predicted molar refractivity (Wildman–Crippen MR) is 48.0 cm³/mol. The van der Waals surface area contributed by atoms with Crippen LogP contribution in [0.3, 0.4) is 0 Å². The van der Waals surface area contributed by atoms with E-state index in [0.29, 0.717) is 16.8 Å². The Hall–Kier alpha value is -1.12. The van der Waals surface area contributed by atoms with Crippen LogP contribution in [-0.2, 0) is 11.8 Å². The monoisotopic (exact) mass is 197 g/mol. The molecule has 0 unspecified atom stereocenters. The van der Waals surface area contributed by atoms with Crippen molar-refractivity contribution >= 4 is 23.4 Å². The van der Waals surface area contributed by atoms with E-state index in [0.717, 1.165) is 18.5 Å². The van der Waals surface area contributed by atoms with Crippen molar-refractivity contribution in [3.05, 3.63) is 10.8 Å². The average Bonchev–Trinajstić information content (AvgIpc) is 2.89. The minimum atomic E-state index is 0.408.